The van der Waals surface area contributed by atoms with Gasteiger partial charge in [0.1, 0.15) is 6.61 Å². The number of carbonyl (C=O) groups is 1. The summed E-state index contributed by atoms with van der Waals surface area (Å²) in [6, 6.07) is 12.4. The van der Waals surface area contributed by atoms with Crippen LogP contribution in [0.4, 0.5) is 11.4 Å². The standard InChI is InChI=1S/C17H15BrN2O4/c18-13-8-14(20(22)23)16(19-17(21)12-6-7-12)15(9-13)24-10-11-4-2-1-3-5-11/h1-5,8-9,12H,6-7,10H2,(H,19,21). The Bertz CT molecular complexity index is 776. The number of nitro groups is 1. The third kappa shape index (κ3) is 3.91. The zero-order valence-corrected chi connectivity index (χ0v) is 14.3. The maximum atomic E-state index is 12.1. The largest absolute Gasteiger partial charge is 0.486 e. The number of hydrogen-bond acceptors (Lipinski definition) is 4. The summed E-state index contributed by atoms with van der Waals surface area (Å²) in [6.45, 7) is 0.251. The van der Waals surface area contributed by atoms with E-state index in [1.807, 2.05) is 30.3 Å². The van der Waals surface area contributed by atoms with Crippen LogP contribution in [0.2, 0.25) is 0 Å². The van der Waals surface area contributed by atoms with Crippen molar-refractivity contribution in [1.29, 1.82) is 0 Å². The van der Waals surface area contributed by atoms with Gasteiger partial charge in [-0.1, -0.05) is 46.3 Å². The van der Waals surface area contributed by atoms with Crippen molar-refractivity contribution in [2.24, 2.45) is 5.92 Å². The molecule has 0 spiro atoms. The van der Waals surface area contributed by atoms with Crippen molar-refractivity contribution in [3.8, 4) is 5.75 Å². The first kappa shape index (κ1) is 16.4. The van der Waals surface area contributed by atoms with E-state index in [1.165, 1.54) is 6.07 Å². The normalized spacial score (nSPS) is 13.4. The molecular formula is C17H15BrN2O4. The van der Waals surface area contributed by atoms with Crippen molar-refractivity contribution in [2.45, 2.75) is 19.4 Å². The van der Waals surface area contributed by atoms with E-state index in [0.29, 0.717) is 4.47 Å². The number of nitrogens with zero attached hydrogens (tertiary/aromatic N) is 1. The lowest BCUT2D eigenvalue weighted by Crippen LogP contribution is -2.15. The van der Waals surface area contributed by atoms with Gasteiger partial charge in [-0.05, 0) is 24.5 Å². The van der Waals surface area contributed by atoms with E-state index in [0.717, 1.165) is 18.4 Å². The Morgan fingerprint density at radius 1 is 1.29 bits per heavy atom. The molecule has 1 N–H and O–H groups in total. The van der Waals surface area contributed by atoms with Crippen molar-refractivity contribution in [2.75, 3.05) is 5.32 Å². The Morgan fingerprint density at radius 2 is 2.00 bits per heavy atom. The van der Waals surface area contributed by atoms with Crippen LogP contribution in [-0.2, 0) is 11.4 Å². The van der Waals surface area contributed by atoms with E-state index >= 15 is 0 Å². The van der Waals surface area contributed by atoms with Gasteiger partial charge in [-0.2, -0.15) is 0 Å². The lowest BCUT2D eigenvalue weighted by Gasteiger charge is -2.13. The molecule has 1 saturated carbocycles. The highest BCUT2D eigenvalue weighted by atomic mass is 79.9. The molecule has 1 amide bonds. The molecule has 24 heavy (non-hydrogen) atoms. The molecule has 0 unspecified atom stereocenters. The zero-order chi connectivity index (χ0) is 17.1. The van der Waals surface area contributed by atoms with Gasteiger partial charge < -0.3 is 10.1 Å². The van der Waals surface area contributed by atoms with Gasteiger partial charge in [-0.25, -0.2) is 0 Å². The zero-order valence-electron chi connectivity index (χ0n) is 12.7. The molecule has 0 aliphatic heterocycles. The van der Waals surface area contributed by atoms with Crippen molar-refractivity contribution in [3.05, 3.63) is 62.6 Å². The third-order valence-corrected chi connectivity index (χ3v) is 4.13. The summed E-state index contributed by atoms with van der Waals surface area (Å²) in [5.74, 6) is 0.00846. The first-order chi connectivity index (χ1) is 11.5. The molecule has 0 atom stereocenters. The highest BCUT2D eigenvalue weighted by Crippen LogP contribution is 2.40. The number of amides is 1. The molecule has 2 aromatic rings. The second-order valence-corrected chi connectivity index (χ2v) is 6.51. The van der Waals surface area contributed by atoms with E-state index in [2.05, 4.69) is 21.2 Å². The number of ether oxygens (including phenoxy) is 1. The Hall–Kier alpha value is -2.41. The highest BCUT2D eigenvalue weighted by Gasteiger charge is 2.32. The Kier molecular flexibility index (Phi) is 4.80. The molecule has 1 fully saturated rings. The predicted octanol–water partition coefficient (Wildman–Crippen LogP) is 4.28. The Morgan fingerprint density at radius 3 is 2.62 bits per heavy atom. The van der Waals surface area contributed by atoms with Crippen LogP contribution in [0.1, 0.15) is 18.4 Å². The van der Waals surface area contributed by atoms with E-state index in [-0.39, 0.29) is 35.6 Å². The van der Waals surface area contributed by atoms with Crippen LogP contribution >= 0.6 is 15.9 Å². The van der Waals surface area contributed by atoms with Crippen molar-refractivity contribution < 1.29 is 14.5 Å². The molecule has 7 heteroatoms. The molecular weight excluding hydrogens is 376 g/mol. The molecule has 0 saturated heterocycles. The van der Waals surface area contributed by atoms with Crippen molar-refractivity contribution in [1.82, 2.24) is 0 Å². The van der Waals surface area contributed by atoms with Crippen molar-refractivity contribution in [3.63, 3.8) is 0 Å². The summed E-state index contributed by atoms with van der Waals surface area (Å²) in [6.07, 6.45) is 1.63. The minimum Gasteiger partial charge on any atom is -0.486 e. The maximum absolute atomic E-state index is 12.1. The van der Waals surface area contributed by atoms with Gasteiger partial charge in [0.2, 0.25) is 5.91 Å². The molecule has 0 bridgehead atoms. The molecule has 0 radical (unpaired) electrons. The topological polar surface area (TPSA) is 81.5 Å². The lowest BCUT2D eigenvalue weighted by atomic mass is 10.2. The maximum Gasteiger partial charge on any atom is 0.297 e. The van der Waals surface area contributed by atoms with Crippen LogP contribution in [0.5, 0.6) is 5.75 Å². The van der Waals surface area contributed by atoms with E-state index < -0.39 is 4.92 Å². The number of nitrogens with one attached hydrogen (secondary N) is 1. The van der Waals surface area contributed by atoms with E-state index in [4.69, 9.17) is 4.74 Å². The molecule has 0 aromatic heterocycles. The molecule has 0 heterocycles. The summed E-state index contributed by atoms with van der Waals surface area (Å²) in [5.41, 5.74) is 0.845. The fourth-order valence-electron chi connectivity index (χ4n) is 2.26. The smallest absolute Gasteiger partial charge is 0.297 e. The number of hydrogen-bond donors (Lipinski definition) is 1. The Labute approximate surface area is 147 Å². The Balaban J connectivity index is 1.89. The van der Waals surface area contributed by atoms with Crippen molar-refractivity contribution >= 4 is 33.2 Å². The average molecular weight is 391 g/mol. The first-order valence-electron chi connectivity index (χ1n) is 7.50. The molecule has 1 aliphatic rings. The minimum atomic E-state index is -0.525. The average Bonchev–Trinajstić information content (AvgIpc) is 3.40. The molecule has 1 aliphatic carbocycles. The number of nitro benzene ring substituents is 1. The number of benzene rings is 2. The van der Waals surface area contributed by atoms with Gasteiger partial charge >= 0.3 is 0 Å². The van der Waals surface area contributed by atoms with Gasteiger partial charge in [-0.3, -0.25) is 14.9 Å². The summed E-state index contributed by atoms with van der Waals surface area (Å²) < 4.78 is 6.26. The predicted molar refractivity (Wildman–Crippen MR) is 92.9 cm³/mol. The quantitative estimate of drug-likeness (QED) is 0.589. The fourth-order valence-corrected chi connectivity index (χ4v) is 2.68. The van der Waals surface area contributed by atoms with Gasteiger partial charge in [0.25, 0.3) is 5.69 Å². The second kappa shape index (κ2) is 7.00. The highest BCUT2D eigenvalue weighted by molar-refractivity contribution is 9.10. The lowest BCUT2D eigenvalue weighted by molar-refractivity contribution is -0.384. The van der Waals surface area contributed by atoms with E-state index in [9.17, 15) is 14.9 Å². The van der Waals surface area contributed by atoms with Gasteiger partial charge in [-0.15, -0.1) is 0 Å². The summed E-state index contributed by atoms with van der Waals surface area (Å²) in [7, 11) is 0. The first-order valence-corrected chi connectivity index (χ1v) is 8.29. The molecule has 6 nitrogen and oxygen atoms in total. The van der Waals surface area contributed by atoms with Crippen LogP contribution in [0.25, 0.3) is 0 Å². The van der Waals surface area contributed by atoms with Crippen LogP contribution in [-0.4, -0.2) is 10.8 Å². The summed E-state index contributed by atoms with van der Waals surface area (Å²) in [4.78, 5) is 22.9. The summed E-state index contributed by atoms with van der Waals surface area (Å²) in [5, 5.41) is 14.0. The SMILES string of the molecule is O=C(Nc1c(OCc2ccccc2)cc(Br)cc1[N+](=O)[O-])C1CC1. The number of halogens is 1. The van der Waals surface area contributed by atoms with Gasteiger partial charge in [0.05, 0.1) is 4.92 Å². The molecule has 3 rings (SSSR count). The third-order valence-electron chi connectivity index (χ3n) is 3.68. The van der Waals surface area contributed by atoms with Crippen LogP contribution in [0, 0.1) is 16.0 Å². The summed E-state index contributed by atoms with van der Waals surface area (Å²) >= 11 is 3.25. The van der Waals surface area contributed by atoms with Gasteiger partial charge in [0.15, 0.2) is 11.4 Å². The molecule has 124 valence electrons. The number of anilines is 1. The van der Waals surface area contributed by atoms with Gasteiger partial charge in [0, 0.05) is 16.5 Å². The fraction of sp³-hybridized carbons (Fsp3) is 0.235. The van der Waals surface area contributed by atoms with Crippen LogP contribution in [0.15, 0.2) is 46.9 Å². The van der Waals surface area contributed by atoms with E-state index in [1.54, 1.807) is 6.07 Å². The molecule has 2 aromatic carbocycles. The minimum absolute atomic E-state index is 0.0600. The number of carbonyl (C=O) groups excluding carboxylic acids is 1. The van der Waals surface area contributed by atoms with Crippen LogP contribution in [0.3, 0.4) is 0 Å². The second-order valence-electron chi connectivity index (χ2n) is 5.59. The van der Waals surface area contributed by atoms with Crippen LogP contribution < -0.4 is 10.1 Å². The number of rotatable bonds is 6. The monoisotopic (exact) mass is 390 g/mol.